The molecule has 0 spiro atoms. The monoisotopic (exact) mass is 450 g/mol. The van der Waals surface area contributed by atoms with Gasteiger partial charge in [0, 0.05) is 23.9 Å². The second kappa shape index (κ2) is 12.6. The van der Waals surface area contributed by atoms with Gasteiger partial charge in [0.1, 0.15) is 11.9 Å². The van der Waals surface area contributed by atoms with Crippen LogP contribution in [-0.4, -0.2) is 35.1 Å². The van der Waals surface area contributed by atoms with E-state index in [4.69, 9.17) is 11.6 Å². The van der Waals surface area contributed by atoms with Crippen molar-refractivity contribution in [2.45, 2.75) is 45.0 Å². The maximum absolute atomic E-state index is 13.3. The van der Waals surface area contributed by atoms with Crippen LogP contribution < -0.4 is 5.32 Å². The number of benzene rings is 2. The van der Waals surface area contributed by atoms with Gasteiger partial charge in [-0.15, -0.1) is 11.8 Å². The molecule has 0 aliphatic carbocycles. The average molecular weight is 451 g/mol. The summed E-state index contributed by atoms with van der Waals surface area (Å²) in [6.07, 6.45) is 1.32. The fourth-order valence-corrected chi connectivity index (χ4v) is 4.21. The Morgan fingerprint density at radius 2 is 1.83 bits per heavy atom. The summed E-state index contributed by atoms with van der Waals surface area (Å²) in [6, 6.07) is 13.0. The van der Waals surface area contributed by atoms with E-state index < -0.39 is 6.04 Å². The molecule has 1 atom stereocenters. The summed E-state index contributed by atoms with van der Waals surface area (Å²) in [5.74, 6) is 0.207. The molecule has 0 saturated carbocycles. The molecule has 1 unspecified atom stereocenters. The van der Waals surface area contributed by atoms with Gasteiger partial charge in [-0.1, -0.05) is 55.8 Å². The van der Waals surface area contributed by atoms with Crippen LogP contribution >= 0.6 is 23.4 Å². The number of thioether (sulfide) groups is 1. The molecule has 162 valence electrons. The third-order valence-electron chi connectivity index (χ3n) is 4.64. The van der Waals surface area contributed by atoms with Crippen molar-refractivity contribution in [2.75, 3.05) is 12.3 Å². The van der Waals surface area contributed by atoms with E-state index in [1.54, 1.807) is 17.0 Å². The van der Waals surface area contributed by atoms with Crippen LogP contribution in [0.4, 0.5) is 4.39 Å². The highest BCUT2D eigenvalue weighted by molar-refractivity contribution is 7.99. The third-order valence-corrected chi connectivity index (χ3v) is 5.98. The van der Waals surface area contributed by atoms with Gasteiger partial charge in [0.25, 0.3) is 0 Å². The summed E-state index contributed by atoms with van der Waals surface area (Å²) in [5.41, 5.74) is 1.75. The first-order chi connectivity index (χ1) is 14.5. The third kappa shape index (κ3) is 7.33. The maximum atomic E-state index is 13.3. The Kier molecular flexibility index (Phi) is 10.2. The van der Waals surface area contributed by atoms with E-state index in [9.17, 15) is 14.0 Å². The second-order valence-corrected chi connectivity index (χ2v) is 8.34. The van der Waals surface area contributed by atoms with Crippen LogP contribution in [0.2, 0.25) is 5.02 Å². The molecule has 0 aliphatic heterocycles. The van der Waals surface area contributed by atoms with Gasteiger partial charge in [-0.25, -0.2) is 4.39 Å². The van der Waals surface area contributed by atoms with Crippen molar-refractivity contribution in [1.29, 1.82) is 0 Å². The minimum Gasteiger partial charge on any atom is -0.354 e. The Hall–Kier alpha value is -2.05. The number of carbonyl (C=O) groups excluding carboxylic acids is 2. The predicted octanol–water partition coefficient (Wildman–Crippen LogP) is 5.05. The van der Waals surface area contributed by atoms with Crippen molar-refractivity contribution in [3.8, 4) is 0 Å². The lowest BCUT2D eigenvalue weighted by Crippen LogP contribution is -2.49. The van der Waals surface area contributed by atoms with Gasteiger partial charge in [0.15, 0.2) is 0 Å². The summed E-state index contributed by atoms with van der Waals surface area (Å²) >= 11 is 7.65. The molecule has 0 bridgehead atoms. The Morgan fingerprint density at radius 3 is 2.47 bits per heavy atom. The molecule has 0 fully saturated rings. The fourth-order valence-electron chi connectivity index (χ4n) is 3.02. The average Bonchev–Trinajstić information content (AvgIpc) is 2.74. The van der Waals surface area contributed by atoms with E-state index in [0.717, 1.165) is 17.5 Å². The highest BCUT2D eigenvalue weighted by Crippen LogP contribution is 2.22. The number of amides is 2. The molecule has 0 heterocycles. The molecule has 1 N–H and O–H groups in total. The largest absolute Gasteiger partial charge is 0.354 e. The zero-order valence-corrected chi connectivity index (χ0v) is 18.9. The molecule has 7 heteroatoms. The van der Waals surface area contributed by atoms with Crippen molar-refractivity contribution in [1.82, 2.24) is 10.2 Å². The van der Waals surface area contributed by atoms with Gasteiger partial charge in [0.2, 0.25) is 11.8 Å². The smallest absolute Gasteiger partial charge is 0.242 e. The van der Waals surface area contributed by atoms with E-state index >= 15 is 0 Å². The van der Waals surface area contributed by atoms with Gasteiger partial charge < -0.3 is 10.2 Å². The van der Waals surface area contributed by atoms with Crippen molar-refractivity contribution in [3.63, 3.8) is 0 Å². The van der Waals surface area contributed by atoms with Crippen LogP contribution in [0.1, 0.15) is 37.8 Å². The molecular formula is C23H28ClFN2O2S. The van der Waals surface area contributed by atoms with E-state index in [2.05, 4.69) is 5.32 Å². The number of nitrogens with one attached hydrogen (secondary N) is 1. The minimum atomic E-state index is -0.574. The summed E-state index contributed by atoms with van der Waals surface area (Å²) in [5, 5.41) is 3.56. The lowest BCUT2D eigenvalue weighted by Gasteiger charge is -2.30. The number of hydrogen-bond donors (Lipinski definition) is 1. The SMILES string of the molecule is CCCNC(=O)C(CC)N(Cc1ccc(F)cc1)C(=O)CSCc1ccccc1Cl. The molecule has 30 heavy (non-hydrogen) atoms. The van der Waals surface area contributed by atoms with Crippen LogP contribution in [0.15, 0.2) is 48.5 Å². The minimum absolute atomic E-state index is 0.130. The van der Waals surface area contributed by atoms with Crippen LogP contribution in [0.5, 0.6) is 0 Å². The van der Waals surface area contributed by atoms with Gasteiger partial charge >= 0.3 is 0 Å². The van der Waals surface area contributed by atoms with Crippen molar-refractivity contribution in [2.24, 2.45) is 0 Å². The lowest BCUT2D eigenvalue weighted by molar-refractivity contribution is -0.139. The number of halogens is 2. The van der Waals surface area contributed by atoms with Crippen molar-refractivity contribution < 1.29 is 14.0 Å². The summed E-state index contributed by atoms with van der Waals surface area (Å²) in [6.45, 7) is 4.69. The van der Waals surface area contributed by atoms with Crippen LogP contribution in [0.3, 0.4) is 0 Å². The van der Waals surface area contributed by atoms with Gasteiger partial charge in [-0.2, -0.15) is 0 Å². The topological polar surface area (TPSA) is 49.4 Å². The van der Waals surface area contributed by atoms with Gasteiger partial charge in [-0.3, -0.25) is 9.59 Å². The predicted molar refractivity (Wildman–Crippen MR) is 122 cm³/mol. The van der Waals surface area contributed by atoms with Crippen molar-refractivity contribution in [3.05, 3.63) is 70.5 Å². The van der Waals surface area contributed by atoms with Crippen LogP contribution in [-0.2, 0) is 21.9 Å². The quantitative estimate of drug-likeness (QED) is 0.521. The molecule has 0 aromatic heterocycles. The van der Waals surface area contributed by atoms with E-state index in [1.807, 2.05) is 38.1 Å². The number of carbonyl (C=O) groups is 2. The van der Waals surface area contributed by atoms with Crippen molar-refractivity contribution >= 4 is 35.2 Å². The Bertz CT molecular complexity index is 832. The summed E-state index contributed by atoms with van der Waals surface area (Å²) < 4.78 is 13.3. The number of hydrogen-bond acceptors (Lipinski definition) is 3. The molecule has 0 radical (unpaired) electrons. The highest BCUT2D eigenvalue weighted by atomic mass is 35.5. The molecular weight excluding hydrogens is 423 g/mol. The Balaban J connectivity index is 2.11. The van der Waals surface area contributed by atoms with E-state index in [1.165, 1.54) is 23.9 Å². The van der Waals surface area contributed by atoms with Crippen LogP contribution in [0.25, 0.3) is 0 Å². The van der Waals surface area contributed by atoms with E-state index in [0.29, 0.717) is 23.7 Å². The summed E-state index contributed by atoms with van der Waals surface area (Å²) in [7, 11) is 0. The molecule has 2 aromatic rings. The van der Waals surface area contributed by atoms with E-state index in [-0.39, 0.29) is 29.9 Å². The molecule has 0 saturated heterocycles. The number of rotatable bonds is 11. The number of nitrogens with zero attached hydrogens (tertiary/aromatic N) is 1. The summed E-state index contributed by atoms with van der Waals surface area (Å²) in [4.78, 5) is 27.4. The molecule has 0 aliphatic rings. The fraction of sp³-hybridized carbons (Fsp3) is 0.391. The van der Waals surface area contributed by atoms with Gasteiger partial charge in [0.05, 0.1) is 5.75 Å². The maximum Gasteiger partial charge on any atom is 0.242 e. The zero-order valence-electron chi connectivity index (χ0n) is 17.4. The Labute approximate surface area is 187 Å². The Morgan fingerprint density at radius 1 is 1.13 bits per heavy atom. The first-order valence-electron chi connectivity index (χ1n) is 10.1. The highest BCUT2D eigenvalue weighted by Gasteiger charge is 2.28. The molecule has 2 rings (SSSR count). The van der Waals surface area contributed by atoms with Crippen LogP contribution in [0, 0.1) is 5.82 Å². The van der Waals surface area contributed by atoms with Gasteiger partial charge in [-0.05, 0) is 42.2 Å². The molecule has 2 aromatic carbocycles. The normalized spacial score (nSPS) is 11.7. The molecule has 2 amide bonds. The lowest BCUT2D eigenvalue weighted by atomic mass is 10.1. The standard InChI is InChI=1S/C23H28ClFN2O2S/c1-3-13-26-23(29)21(4-2)27(14-17-9-11-19(25)12-10-17)22(28)16-30-15-18-7-5-6-8-20(18)24/h5-12,21H,3-4,13-16H2,1-2H3,(H,26,29). The first-order valence-corrected chi connectivity index (χ1v) is 11.6. The second-order valence-electron chi connectivity index (χ2n) is 6.95. The first kappa shape index (κ1) is 24.2. The molecule has 4 nitrogen and oxygen atoms in total. The zero-order chi connectivity index (χ0) is 21.9.